The monoisotopic (exact) mass is 592 g/mol. The molecule has 208 valence electrons. The highest BCUT2D eigenvalue weighted by Crippen LogP contribution is 2.45. The Bertz CT molecular complexity index is 1830. The molecule has 0 aliphatic heterocycles. The van der Waals surface area contributed by atoms with Gasteiger partial charge in [0.2, 0.25) is 5.95 Å². The van der Waals surface area contributed by atoms with Gasteiger partial charge in [0.25, 0.3) is 11.2 Å². The van der Waals surface area contributed by atoms with Gasteiger partial charge in [-0.2, -0.15) is 4.98 Å². The maximum Gasteiger partial charge on any atom is 0.269 e. The summed E-state index contributed by atoms with van der Waals surface area (Å²) in [5.74, 6) is 0.736. The molecule has 2 heterocycles. The van der Waals surface area contributed by atoms with Crippen molar-refractivity contribution in [1.82, 2.24) is 14.5 Å². The molecule has 5 rings (SSSR count). The quantitative estimate of drug-likeness (QED) is 0.124. The van der Waals surface area contributed by atoms with Crippen molar-refractivity contribution in [3.8, 4) is 22.6 Å². The molecule has 2 aromatic heterocycles. The van der Waals surface area contributed by atoms with E-state index in [1.54, 1.807) is 42.6 Å². The zero-order chi connectivity index (χ0) is 29.3. The molecule has 0 amide bonds. The third-order valence-corrected chi connectivity index (χ3v) is 7.12. The van der Waals surface area contributed by atoms with Crippen LogP contribution in [-0.4, -0.2) is 33.7 Å². The Morgan fingerprint density at radius 3 is 2.29 bits per heavy atom. The van der Waals surface area contributed by atoms with Crippen molar-refractivity contribution in [2.75, 3.05) is 25.3 Å². The molecule has 0 atom stereocenters. The molecule has 11 nitrogen and oxygen atoms in total. The number of aromatic nitrogens is 3. The van der Waals surface area contributed by atoms with Crippen LogP contribution in [0.2, 0.25) is 10.0 Å². The van der Waals surface area contributed by atoms with E-state index in [0.29, 0.717) is 28.0 Å². The number of methoxy groups -OCH3 is 2. The highest BCUT2D eigenvalue weighted by Gasteiger charge is 2.23. The molecule has 0 saturated carbocycles. The number of fused-ring (bicyclic) bond motifs is 1. The second kappa shape index (κ2) is 11.3. The van der Waals surface area contributed by atoms with Gasteiger partial charge >= 0.3 is 0 Å². The molecule has 41 heavy (non-hydrogen) atoms. The van der Waals surface area contributed by atoms with E-state index in [-0.39, 0.29) is 50.9 Å². The van der Waals surface area contributed by atoms with Gasteiger partial charge in [0.1, 0.15) is 17.1 Å². The predicted octanol–water partition coefficient (Wildman–Crippen LogP) is 6.06. The second-order valence-electron chi connectivity index (χ2n) is 8.84. The number of para-hydroxylation sites is 2. The van der Waals surface area contributed by atoms with Crippen LogP contribution in [0.3, 0.4) is 0 Å². The first-order valence-electron chi connectivity index (χ1n) is 12.1. The number of benzene rings is 3. The van der Waals surface area contributed by atoms with Crippen LogP contribution in [0.25, 0.3) is 22.2 Å². The van der Waals surface area contributed by atoms with Gasteiger partial charge < -0.3 is 20.5 Å². The van der Waals surface area contributed by atoms with Gasteiger partial charge in [-0.15, -0.1) is 0 Å². The molecule has 0 radical (unpaired) electrons. The minimum absolute atomic E-state index is 0.0292. The Hall–Kier alpha value is -4.87. The van der Waals surface area contributed by atoms with E-state index in [1.807, 2.05) is 6.07 Å². The maximum absolute atomic E-state index is 14.1. The molecular formula is C28H22Cl2N6O5. The average molecular weight is 593 g/mol. The number of hydrogen-bond donors (Lipinski definition) is 2. The third kappa shape index (κ3) is 5.32. The number of nitrogens with two attached hydrogens (primary N) is 1. The highest BCUT2D eigenvalue weighted by molar-refractivity contribution is 6.41. The molecular weight excluding hydrogens is 571 g/mol. The summed E-state index contributed by atoms with van der Waals surface area (Å²) in [5, 5.41) is 15.0. The van der Waals surface area contributed by atoms with Gasteiger partial charge in [-0.05, 0) is 23.8 Å². The topological polar surface area (TPSA) is 147 Å². The number of nitrogens with one attached hydrogen (secondary N) is 1. The summed E-state index contributed by atoms with van der Waals surface area (Å²) < 4.78 is 12.2. The van der Waals surface area contributed by atoms with E-state index in [2.05, 4.69) is 15.3 Å². The number of hydrogen-bond acceptors (Lipinski definition) is 9. The van der Waals surface area contributed by atoms with Crippen molar-refractivity contribution in [1.29, 1.82) is 0 Å². The van der Waals surface area contributed by atoms with Gasteiger partial charge in [0, 0.05) is 35.3 Å². The SMILES string of the molecule is COc1cc(OC)c(Cl)c(-c2cc3cnc(Nc4ccccc4N)nc3n(Cc3ccc([N+](=O)[O-])cc3)c2=O)c1Cl. The molecule has 3 aromatic carbocycles. The Labute approximate surface area is 243 Å². The van der Waals surface area contributed by atoms with Gasteiger partial charge in [0.05, 0.1) is 52.7 Å². The maximum atomic E-state index is 14.1. The minimum Gasteiger partial charge on any atom is -0.495 e. The smallest absolute Gasteiger partial charge is 0.269 e. The summed E-state index contributed by atoms with van der Waals surface area (Å²) in [4.78, 5) is 33.8. The molecule has 0 saturated heterocycles. The zero-order valence-electron chi connectivity index (χ0n) is 21.7. The summed E-state index contributed by atoms with van der Waals surface area (Å²) in [7, 11) is 2.88. The lowest BCUT2D eigenvalue weighted by atomic mass is 10.0. The highest BCUT2D eigenvalue weighted by atomic mass is 35.5. The Kier molecular flexibility index (Phi) is 7.64. The Balaban J connectivity index is 1.74. The summed E-state index contributed by atoms with van der Waals surface area (Å²) in [5.41, 5.74) is 7.89. The standard InChI is InChI=1S/C28H22Cl2N6O5/c1-40-21-12-22(41-2)25(30)23(24(21)29)18-11-16-13-32-28(33-20-6-4-3-5-19(20)31)34-26(16)35(27(18)37)14-15-7-9-17(10-8-15)36(38)39/h3-13H,14,31H2,1-2H3,(H,32,33,34). The predicted molar refractivity (Wildman–Crippen MR) is 159 cm³/mol. The molecule has 0 spiro atoms. The minimum atomic E-state index is -0.493. The van der Waals surface area contributed by atoms with E-state index in [4.69, 9.17) is 38.4 Å². The lowest BCUT2D eigenvalue weighted by Crippen LogP contribution is -2.24. The fourth-order valence-corrected chi connectivity index (χ4v) is 5.01. The van der Waals surface area contributed by atoms with Crippen molar-refractivity contribution in [3.63, 3.8) is 0 Å². The second-order valence-corrected chi connectivity index (χ2v) is 9.60. The Morgan fingerprint density at radius 1 is 1.02 bits per heavy atom. The number of rotatable bonds is 8. The van der Waals surface area contributed by atoms with Crippen molar-refractivity contribution in [2.24, 2.45) is 0 Å². The molecule has 13 heteroatoms. The number of anilines is 3. The first kappa shape index (κ1) is 27.7. The van der Waals surface area contributed by atoms with Crippen LogP contribution in [0.1, 0.15) is 5.56 Å². The number of nitrogens with zero attached hydrogens (tertiary/aromatic N) is 4. The molecule has 0 aliphatic carbocycles. The van der Waals surface area contributed by atoms with Gasteiger partial charge in [-0.1, -0.05) is 47.5 Å². The van der Waals surface area contributed by atoms with Crippen LogP contribution < -0.4 is 26.1 Å². The van der Waals surface area contributed by atoms with Crippen LogP contribution in [0.4, 0.5) is 23.0 Å². The number of nitrogen functional groups attached to an aromatic ring is 1. The molecule has 0 fully saturated rings. The zero-order valence-corrected chi connectivity index (χ0v) is 23.2. The van der Waals surface area contributed by atoms with Crippen molar-refractivity contribution < 1.29 is 14.4 Å². The molecule has 0 unspecified atom stereocenters. The lowest BCUT2D eigenvalue weighted by Gasteiger charge is -2.17. The van der Waals surface area contributed by atoms with Crippen molar-refractivity contribution in [2.45, 2.75) is 6.54 Å². The van der Waals surface area contributed by atoms with Crippen LogP contribution in [0.5, 0.6) is 11.5 Å². The van der Waals surface area contributed by atoms with E-state index >= 15 is 0 Å². The number of ether oxygens (including phenoxy) is 2. The summed E-state index contributed by atoms with van der Waals surface area (Å²) >= 11 is 13.3. The van der Waals surface area contributed by atoms with E-state index < -0.39 is 10.5 Å². The van der Waals surface area contributed by atoms with E-state index in [9.17, 15) is 14.9 Å². The summed E-state index contributed by atoms with van der Waals surface area (Å²) in [6.45, 7) is 0.0292. The molecule has 5 aromatic rings. The number of nitro benzene ring substituents is 1. The van der Waals surface area contributed by atoms with Crippen LogP contribution >= 0.6 is 23.2 Å². The van der Waals surface area contributed by atoms with Crippen molar-refractivity contribution >= 4 is 57.2 Å². The average Bonchev–Trinajstić information content (AvgIpc) is 2.97. The number of nitro groups is 1. The lowest BCUT2D eigenvalue weighted by molar-refractivity contribution is -0.384. The van der Waals surface area contributed by atoms with Gasteiger partial charge in [-0.3, -0.25) is 19.5 Å². The normalized spacial score (nSPS) is 10.9. The Morgan fingerprint density at radius 2 is 1.68 bits per heavy atom. The first-order chi connectivity index (χ1) is 19.7. The largest absolute Gasteiger partial charge is 0.495 e. The van der Waals surface area contributed by atoms with Crippen LogP contribution in [0.15, 0.2) is 71.7 Å². The molecule has 0 bridgehead atoms. The summed E-state index contributed by atoms with van der Waals surface area (Å²) in [6, 6.07) is 16.1. The fourth-order valence-electron chi connectivity index (χ4n) is 4.30. The van der Waals surface area contributed by atoms with Crippen LogP contribution in [0, 0.1) is 10.1 Å². The van der Waals surface area contributed by atoms with Gasteiger partial charge in [0.15, 0.2) is 0 Å². The van der Waals surface area contributed by atoms with Crippen LogP contribution in [-0.2, 0) is 6.54 Å². The molecule has 0 aliphatic rings. The number of non-ortho nitro benzene ring substituents is 1. The number of halogens is 2. The third-order valence-electron chi connectivity index (χ3n) is 6.37. The van der Waals surface area contributed by atoms with Crippen molar-refractivity contribution in [3.05, 3.63) is 103 Å². The summed E-state index contributed by atoms with van der Waals surface area (Å²) in [6.07, 6.45) is 1.55. The molecule has 3 N–H and O–H groups in total. The van der Waals surface area contributed by atoms with E-state index in [0.717, 1.165) is 0 Å². The number of pyridine rings is 1. The fraction of sp³-hybridized carbons (Fsp3) is 0.107. The van der Waals surface area contributed by atoms with Gasteiger partial charge in [-0.25, -0.2) is 4.98 Å². The first-order valence-corrected chi connectivity index (χ1v) is 12.8. The van der Waals surface area contributed by atoms with E-state index in [1.165, 1.54) is 37.0 Å².